The van der Waals surface area contributed by atoms with Gasteiger partial charge in [-0.15, -0.1) is 0 Å². The topological polar surface area (TPSA) is 60.7 Å². The third kappa shape index (κ3) is 4.59. The molecule has 0 radical (unpaired) electrons. The molecule has 152 valence electrons. The van der Waals surface area contributed by atoms with E-state index in [1.807, 2.05) is 97.9 Å². The first-order chi connectivity index (χ1) is 14.1. The van der Waals surface area contributed by atoms with Gasteiger partial charge in [-0.25, -0.2) is 0 Å². The van der Waals surface area contributed by atoms with Gasteiger partial charge in [-0.1, -0.05) is 97.9 Å². The smallest absolute Gasteiger partial charge is 0.0742 e. The van der Waals surface area contributed by atoms with Gasteiger partial charge in [0, 0.05) is 6.42 Å². The summed E-state index contributed by atoms with van der Waals surface area (Å²) in [5, 5.41) is 32.2. The fraction of sp³-hybridized carbons (Fsp3) is 0.308. The molecule has 0 spiro atoms. The van der Waals surface area contributed by atoms with Crippen LogP contribution in [0.1, 0.15) is 42.9 Å². The molecule has 3 nitrogen and oxygen atoms in total. The first-order valence-electron chi connectivity index (χ1n) is 10.3. The van der Waals surface area contributed by atoms with Gasteiger partial charge in [0.25, 0.3) is 0 Å². The van der Waals surface area contributed by atoms with E-state index >= 15 is 0 Å². The number of rotatable bonds is 9. The molecule has 29 heavy (non-hydrogen) atoms. The number of aliphatic hydroxyl groups excluding tert-OH is 3. The summed E-state index contributed by atoms with van der Waals surface area (Å²) in [6.45, 7) is 1.88. The van der Waals surface area contributed by atoms with Gasteiger partial charge in [-0.2, -0.15) is 0 Å². The highest BCUT2D eigenvalue weighted by atomic mass is 16.3. The Morgan fingerprint density at radius 1 is 0.586 bits per heavy atom. The normalized spacial score (nSPS) is 14.9. The van der Waals surface area contributed by atoms with E-state index in [1.165, 1.54) is 0 Å². The fourth-order valence-electron chi connectivity index (χ4n) is 4.19. The van der Waals surface area contributed by atoms with Crippen molar-refractivity contribution < 1.29 is 15.3 Å². The Morgan fingerprint density at radius 2 is 0.966 bits per heavy atom. The predicted octanol–water partition coefficient (Wildman–Crippen LogP) is 4.29. The summed E-state index contributed by atoms with van der Waals surface area (Å²) < 4.78 is 0. The molecule has 0 amide bonds. The average Bonchev–Trinajstić information content (AvgIpc) is 2.76. The van der Waals surface area contributed by atoms with Crippen molar-refractivity contribution in [3.8, 4) is 0 Å². The molecular formula is C26H30O3. The van der Waals surface area contributed by atoms with Crippen LogP contribution in [0.4, 0.5) is 0 Å². The Labute approximate surface area is 173 Å². The summed E-state index contributed by atoms with van der Waals surface area (Å²) in [5.74, 6) is 0. The zero-order chi connectivity index (χ0) is 20.7. The van der Waals surface area contributed by atoms with Crippen LogP contribution in [0.3, 0.4) is 0 Å². The van der Waals surface area contributed by atoms with Crippen LogP contribution < -0.4 is 0 Å². The van der Waals surface area contributed by atoms with E-state index in [4.69, 9.17) is 0 Å². The van der Waals surface area contributed by atoms with Crippen molar-refractivity contribution in [2.45, 2.75) is 49.9 Å². The molecular weight excluding hydrogens is 360 g/mol. The molecule has 3 aromatic rings. The molecule has 0 heterocycles. The average molecular weight is 391 g/mol. The van der Waals surface area contributed by atoms with E-state index in [0.29, 0.717) is 6.42 Å². The van der Waals surface area contributed by atoms with Crippen molar-refractivity contribution >= 4 is 0 Å². The minimum Gasteiger partial charge on any atom is -0.393 e. The van der Waals surface area contributed by atoms with Gasteiger partial charge in [-0.3, -0.25) is 0 Å². The number of aliphatic hydroxyl groups is 3. The van der Waals surface area contributed by atoms with E-state index in [1.54, 1.807) is 0 Å². The van der Waals surface area contributed by atoms with Gasteiger partial charge < -0.3 is 15.3 Å². The van der Waals surface area contributed by atoms with Crippen LogP contribution in [-0.2, 0) is 5.41 Å². The number of hydrogen-bond acceptors (Lipinski definition) is 3. The summed E-state index contributed by atoms with van der Waals surface area (Å²) >= 11 is 0. The molecule has 0 aliphatic heterocycles. The lowest BCUT2D eigenvalue weighted by atomic mass is 9.64. The van der Waals surface area contributed by atoms with Crippen molar-refractivity contribution in [2.75, 3.05) is 0 Å². The second-order valence-electron chi connectivity index (χ2n) is 7.61. The summed E-state index contributed by atoms with van der Waals surface area (Å²) in [7, 11) is 0. The Hall–Kier alpha value is -2.46. The van der Waals surface area contributed by atoms with Gasteiger partial charge >= 0.3 is 0 Å². The lowest BCUT2D eigenvalue weighted by Gasteiger charge is -2.41. The van der Waals surface area contributed by atoms with Gasteiger partial charge in [0.05, 0.1) is 23.7 Å². The van der Waals surface area contributed by atoms with Crippen LogP contribution in [-0.4, -0.2) is 33.6 Å². The third-order valence-electron chi connectivity index (χ3n) is 5.70. The molecule has 0 aromatic heterocycles. The van der Waals surface area contributed by atoms with Crippen LogP contribution in [0, 0.1) is 0 Å². The molecule has 0 saturated heterocycles. The zero-order valence-electron chi connectivity index (χ0n) is 16.9. The van der Waals surface area contributed by atoms with Crippen molar-refractivity contribution in [2.24, 2.45) is 0 Å². The SMILES string of the molecule is CC[C@H](O)C[C@H](O)C[C@H](O)C(c1ccccc1)(c1ccccc1)c1ccccc1. The molecule has 3 aromatic carbocycles. The van der Waals surface area contributed by atoms with E-state index in [-0.39, 0.29) is 12.8 Å². The van der Waals surface area contributed by atoms with E-state index in [9.17, 15) is 15.3 Å². The van der Waals surface area contributed by atoms with Gasteiger partial charge in [-0.05, 0) is 29.5 Å². The largest absolute Gasteiger partial charge is 0.393 e. The molecule has 0 aliphatic carbocycles. The van der Waals surface area contributed by atoms with E-state index < -0.39 is 23.7 Å². The van der Waals surface area contributed by atoms with Crippen molar-refractivity contribution in [1.29, 1.82) is 0 Å². The lowest BCUT2D eigenvalue weighted by Crippen LogP contribution is -2.44. The van der Waals surface area contributed by atoms with E-state index in [0.717, 1.165) is 16.7 Å². The highest BCUT2D eigenvalue weighted by Crippen LogP contribution is 2.43. The fourth-order valence-corrected chi connectivity index (χ4v) is 4.19. The molecule has 3 heteroatoms. The molecule has 3 rings (SSSR count). The van der Waals surface area contributed by atoms with Crippen LogP contribution in [0.2, 0.25) is 0 Å². The quantitative estimate of drug-likeness (QED) is 0.478. The van der Waals surface area contributed by atoms with Crippen LogP contribution in [0.15, 0.2) is 91.0 Å². The van der Waals surface area contributed by atoms with Gasteiger partial charge in [0.1, 0.15) is 0 Å². The maximum absolute atomic E-state index is 11.6. The molecule has 3 N–H and O–H groups in total. The third-order valence-corrected chi connectivity index (χ3v) is 5.70. The van der Waals surface area contributed by atoms with Crippen molar-refractivity contribution in [1.82, 2.24) is 0 Å². The molecule has 3 atom stereocenters. The van der Waals surface area contributed by atoms with Crippen LogP contribution in [0.5, 0.6) is 0 Å². The molecule has 0 aliphatic rings. The number of benzene rings is 3. The van der Waals surface area contributed by atoms with Crippen molar-refractivity contribution in [3.05, 3.63) is 108 Å². The van der Waals surface area contributed by atoms with E-state index in [2.05, 4.69) is 0 Å². The minimum atomic E-state index is -0.881. The van der Waals surface area contributed by atoms with Crippen molar-refractivity contribution in [3.63, 3.8) is 0 Å². The maximum Gasteiger partial charge on any atom is 0.0742 e. The predicted molar refractivity (Wildman–Crippen MR) is 117 cm³/mol. The first kappa shape index (κ1) is 21.3. The summed E-state index contributed by atoms with van der Waals surface area (Å²) in [6, 6.07) is 29.9. The molecule has 0 bridgehead atoms. The summed E-state index contributed by atoms with van der Waals surface area (Å²) in [5.41, 5.74) is 2.07. The molecule has 0 unspecified atom stereocenters. The highest BCUT2D eigenvalue weighted by Gasteiger charge is 2.43. The van der Waals surface area contributed by atoms with Gasteiger partial charge in [0.2, 0.25) is 0 Å². The first-order valence-corrected chi connectivity index (χ1v) is 10.3. The zero-order valence-corrected chi connectivity index (χ0v) is 16.9. The maximum atomic E-state index is 11.6. The standard InChI is InChI=1S/C26H30O3/c1-2-23(27)18-24(28)19-25(29)26(20-12-6-3-7-13-20,21-14-8-4-9-15-21)22-16-10-5-11-17-22/h3-17,23-25,27-29H,2,18-19H2,1H3/t23-,24-,25-/m0/s1. The Bertz CT molecular complexity index is 752. The second-order valence-corrected chi connectivity index (χ2v) is 7.61. The Kier molecular flexibility index (Phi) is 7.21. The second kappa shape index (κ2) is 9.84. The number of hydrogen-bond donors (Lipinski definition) is 3. The molecule has 0 fully saturated rings. The lowest BCUT2D eigenvalue weighted by molar-refractivity contribution is 0.0224. The minimum absolute atomic E-state index is 0.162. The molecule has 0 saturated carbocycles. The Balaban J connectivity index is 2.14. The van der Waals surface area contributed by atoms with Crippen LogP contribution >= 0.6 is 0 Å². The monoisotopic (exact) mass is 390 g/mol. The summed E-state index contributed by atoms with van der Waals surface area (Å²) in [4.78, 5) is 0. The van der Waals surface area contributed by atoms with Crippen LogP contribution in [0.25, 0.3) is 0 Å². The van der Waals surface area contributed by atoms with Gasteiger partial charge in [0.15, 0.2) is 0 Å². The Morgan fingerprint density at radius 3 is 1.31 bits per heavy atom. The summed E-state index contributed by atoms with van der Waals surface area (Å²) in [6.07, 6.45) is -1.26. The highest BCUT2D eigenvalue weighted by molar-refractivity contribution is 5.51.